The number of hydrogen-bond acceptors (Lipinski definition) is 3. The second-order valence-electron chi connectivity index (χ2n) is 4.50. The highest BCUT2D eigenvalue weighted by Gasteiger charge is 2.32. The van der Waals surface area contributed by atoms with Gasteiger partial charge in [0.15, 0.2) is 0 Å². The molecule has 7 heteroatoms. The van der Waals surface area contributed by atoms with Crippen molar-refractivity contribution in [1.82, 2.24) is 0 Å². The smallest absolute Gasteiger partial charge is 0.340 e. The molecule has 4 nitrogen and oxygen atoms in total. The van der Waals surface area contributed by atoms with E-state index in [1.165, 1.54) is 4.90 Å². The number of nitrogens with zero attached hydrogens (tertiary/aromatic N) is 1. The molecule has 1 fully saturated rings. The summed E-state index contributed by atoms with van der Waals surface area (Å²) >= 11 is 3.28. The minimum absolute atomic E-state index is 0.0635. The van der Waals surface area contributed by atoms with E-state index in [2.05, 4.69) is 20.7 Å². The highest BCUT2D eigenvalue weighted by molar-refractivity contribution is 9.09. The summed E-state index contributed by atoms with van der Waals surface area (Å²) in [5, 5.41) is 0.613. The number of benzene rings is 1. The zero-order valence-corrected chi connectivity index (χ0v) is 12.2. The molecule has 1 saturated heterocycles. The van der Waals surface area contributed by atoms with Crippen molar-refractivity contribution in [2.45, 2.75) is 6.42 Å². The van der Waals surface area contributed by atoms with Crippen LogP contribution in [0.15, 0.2) is 12.1 Å². The minimum atomic E-state index is -1.01. The number of ether oxygens (including phenoxy) is 1. The Kier molecular flexibility index (Phi) is 4.37. The summed E-state index contributed by atoms with van der Waals surface area (Å²) in [6, 6.07) is 1.61. The van der Waals surface area contributed by atoms with E-state index in [-0.39, 0.29) is 29.5 Å². The van der Waals surface area contributed by atoms with Gasteiger partial charge in [-0.25, -0.2) is 13.6 Å². The maximum Gasteiger partial charge on any atom is 0.340 e. The Bertz CT molecular complexity index is 565. The molecule has 1 heterocycles. The van der Waals surface area contributed by atoms with Crippen molar-refractivity contribution in [3.63, 3.8) is 0 Å². The summed E-state index contributed by atoms with van der Waals surface area (Å²) in [7, 11) is 1.10. The molecule has 1 aliphatic heterocycles. The van der Waals surface area contributed by atoms with Gasteiger partial charge in [0, 0.05) is 24.4 Å². The molecule has 1 amide bonds. The van der Waals surface area contributed by atoms with Crippen LogP contribution in [-0.2, 0) is 9.53 Å². The molecule has 0 bridgehead atoms. The molecular weight excluding hydrogens is 336 g/mol. The van der Waals surface area contributed by atoms with Crippen LogP contribution in [0.1, 0.15) is 16.8 Å². The number of alkyl halides is 1. The van der Waals surface area contributed by atoms with Crippen LogP contribution in [-0.4, -0.2) is 30.9 Å². The van der Waals surface area contributed by atoms with Crippen LogP contribution in [0.2, 0.25) is 0 Å². The van der Waals surface area contributed by atoms with Crippen LogP contribution in [0.5, 0.6) is 0 Å². The molecule has 1 atom stereocenters. The van der Waals surface area contributed by atoms with E-state index in [9.17, 15) is 18.4 Å². The molecule has 0 aromatic heterocycles. The number of halogens is 3. The number of anilines is 1. The van der Waals surface area contributed by atoms with Crippen LogP contribution in [0.4, 0.5) is 14.5 Å². The molecule has 20 heavy (non-hydrogen) atoms. The third kappa shape index (κ3) is 2.67. The average molecular weight is 348 g/mol. The molecule has 0 saturated carbocycles. The Morgan fingerprint density at radius 3 is 2.70 bits per heavy atom. The molecular formula is C13H12BrF2NO3. The third-order valence-electron chi connectivity index (χ3n) is 3.16. The lowest BCUT2D eigenvalue weighted by atomic mass is 10.1. The van der Waals surface area contributed by atoms with Gasteiger partial charge in [0.05, 0.1) is 18.4 Å². The lowest BCUT2D eigenvalue weighted by Gasteiger charge is -2.18. The molecule has 2 rings (SSSR count). The molecule has 0 aliphatic carbocycles. The third-order valence-corrected chi connectivity index (χ3v) is 4.07. The number of methoxy groups -OCH3 is 1. The van der Waals surface area contributed by atoms with Gasteiger partial charge in [0.1, 0.15) is 11.6 Å². The van der Waals surface area contributed by atoms with Crippen molar-refractivity contribution < 1.29 is 23.1 Å². The predicted octanol–water partition coefficient (Wildman–Crippen LogP) is 2.50. The van der Waals surface area contributed by atoms with Crippen molar-refractivity contribution in [3.8, 4) is 0 Å². The highest BCUT2D eigenvalue weighted by Crippen LogP contribution is 2.30. The average Bonchev–Trinajstić information content (AvgIpc) is 2.79. The first-order valence-corrected chi connectivity index (χ1v) is 7.03. The van der Waals surface area contributed by atoms with E-state index >= 15 is 0 Å². The maximum atomic E-state index is 13.9. The van der Waals surface area contributed by atoms with E-state index in [0.29, 0.717) is 17.9 Å². The molecule has 0 N–H and O–H groups in total. The Morgan fingerprint density at radius 1 is 1.45 bits per heavy atom. The number of rotatable bonds is 3. The van der Waals surface area contributed by atoms with Gasteiger partial charge in [-0.15, -0.1) is 0 Å². The van der Waals surface area contributed by atoms with Crippen LogP contribution in [0.25, 0.3) is 0 Å². The number of carbonyl (C=O) groups is 2. The summed E-state index contributed by atoms with van der Waals surface area (Å²) in [6.07, 6.45) is 0.287. The van der Waals surface area contributed by atoms with Crippen molar-refractivity contribution in [1.29, 1.82) is 0 Å². The van der Waals surface area contributed by atoms with Crippen molar-refractivity contribution in [3.05, 3.63) is 29.3 Å². The van der Waals surface area contributed by atoms with Crippen LogP contribution < -0.4 is 4.90 Å². The molecule has 1 unspecified atom stereocenters. The van der Waals surface area contributed by atoms with Crippen molar-refractivity contribution >= 4 is 33.5 Å². The van der Waals surface area contributed by atoms with E-state index in [1.54, 1.807) is 0 Å². The van der Waals surface area contributed by atoms with Crippen molar-refractivity contribution in [2.24, 2.45) is 5.92 Å². The molecule has 1 aliphatic rings. The predicted molar refractivity (Wildman–Crippen MR) is 72.0 cm³/mol. The maximum absolute atomic E-state index is 13.9. The fraction of sp³-hybridized carbons (Fsp3) is 0.385. The molecule has 1 aromatic carbocycles. The summed E-state index contributed by atoms with van der Waals surface area (Å²) in [5.74, 6) is -2.99. The first-order chi connectivity index (χ1) is 9.47. The molecule has 108 valence electrons. The Morgan fingerprint density at radius 2 is 2.15 bits per heavy atom. The van der Waals surface area contributed by atoms with E-state index < -0.39 is 17.6 Å². The van der Waals surface area contributed by atoms with Gasteiger partial charge in [-0.1, -0.05) is 15.9 Å². The molecule has 0 spiro atoms. The summed E-state index contributed by atoms with van der Waals surface area (Å²) in [4.78, 5) is 24.5. The van der Waals surface area contributed by atoms with Gasteiger partial charge in [-0.2, -0.15) is 0 Å². The lowest BCUT2D eigenvalue weighted by Crippen LogP contribution is -2.26. The Hall–Kier alpha value is -1.50. The lowest BCUT2D eigenvalue weighted by molar-refractivity contribution is -0.117. The van der Waals surface area contributed by atoms with Crippen LogP contribution in [0, 0.1) is 17.6 Å². The van der Waals surface area contributed by atoms with E-state index in [1.807, 2.05) is 0 Å². The molecule has 1 aromatic rings. The number of esters is 1. The fourth-order valence-electron chi connectivity index (χ4n) is 2.13. The normalized spacial score (nSPS) is 18.5. The van der Waals surface area contributed by atoms with Gasteiger partial charge in [-0.3, -0.25) is 4.79 Å². The summed E-state index contributed by atoms with van der Waals surface area (Å²) in [5.41, 5.74) is -0.487. The van der Waals surface area contributed by atoms with Gasteiger partial charge in [0.2, 0.25) is 5.91 Å². The monoisotopic (exact) mass is 347 g/mol. The zero-order valence-electron chi connectivity index (χ0n) is 10.7. The second-order valence-corrected chi connectivity index (χ2v) is 5.15. The van der Waals surface area contributed by atoms with Crippen LogP contribution in [0.3, 0.4) is 0 Å². The SMILES string of the molecule is COC(=O)c1cc(N2CC(CBr)CC2=O)c(F)cc1F. The van der Waals surface area contributed by atoms with E-state index in [0.717, 1.165) is 13.2 Å². The molecule has 0 radical (unpaired) electrons. The Balaban J connectivity index is 2.42. The topological polar surface area (TPSA) is 46.6 Å². The number of hydrogen-bond donors (Lipinski definition) is 0. The van der Waals surface area contributed by atoms with Crippen LogP contribution >= 0.6 is 15.9 Å². The summed E-state index contributed by atoms with van der Waals surface area (Å²) in [6.45, 7) is 0.327. The van der Waals surface area contributed by atoms with Gasteiger partial charge in [-0.05, 0) is 12.0 Å². The van der Waals surface area contributed by atoms with Gasteiger partial charge < -0.3 is 9.64 Å². The fourth-order valence-corrected chi connectivity index (χ4v) is 2.56. The summed E-state index contributed by atoms with van der Waals surface area (Å²) < 4.78 is 31.8. The second kappa shape index (κ2) is 5.87. The standard InChI is InChI=1S/C13H12BrF2NO3/c1-20-13(19)8-3-11(10(16)4-9(8)15)17-6-7(5-14)2-12(17)18/h3-4,7H,2,5-6H2,1H3. The Labute approximate surface area is 122 Å². The highest BCUT2D eigenvalue weighted by atomic mass is 79.9. The largest absolute Gasteiger partial charge is 0.465 e. The number of amides is 1. The van der Waals surface area contributed by atoms with Gasteiger partial charge >= 0.3 is 5.97 Å². The first kappa shape index (κ1) is 14.9. The van der Waals surface area contributed by atoms with Crippen molar-refractivity contribution in [2.75, 3.05) is 23.9 Å². The van der Waals surface area contributed by atoms with Gasteiger partial charge in [0.25, 0.3) is 0 Å². The zero-order chi connectivity index (χ0) is 14.9. The van der Waals surface area contributed by atoms with E-state index in [4.69, 9.17) is 0 Å². The quantitative estimate of drug-likeness (QED) is 0.623. The first-order valence-electron chi connectivity index (χ1n) is 5.91. The minimum Gasteiger partial charge on any atom is -0.465 e. The number of carbonyl (C=O) groups excluding carboxylic acids is 2.